The number of carbonyl (C=O) groups is 4. The second-order valence-electron chi connectivity index (χ2n) is 10.5. The molecule has 1 fully saturated rings. The van der Waals surface area contributed by atoms with E-state index < -0.39 is 34.3 Å². The van der Waals surface area contributed by atoms with E-state index in [1.54, 1.807) is 6.92 Å². The molecule has 2 aliphatic rings. The molecule has 4 N–H and O–H groups in total. The third kappa shape index (κ3) is 6.51. The second-order valence-corrected chi connectivity index (χ2v) is 10.5. The van der Waals surface area contributed by atoms with Gasteiger partial charge in [-0.3, -0.25) is 19.7 Å². The van der Waals surface area contributed by atoms with Crippen LogP contribution < -0.4 is 16.4 Å². The highest BCUT2D eigenvalue weighted by Gasteiger charge is 2.44. The molecule has 0 aromatic heterocycles. The molecule has 43 heavy (non-hydrogen) atoms. The van der Waals surface area contributed by atoms with E-state index in [2.05, 4.69) is 15.5 Å². The summed E-state index contributed by atoms with van der Waals surface area (Å²) in [6, 6.07) is 12.3. The standard InChI is InChI=1S/C30H36N6O7/c1-3-23-24(26(31)37)25(20-10-12-22(13-11-20)36(41)42)35(29(40)33-23)28(39)32-16-7-17-34-18-14-30(15-19-34,27(38)43-2)21-8-5-4-6-9-21/h4-6,8-13,25H,3,7,14-19H2,1-2H3,(H2,31,37)(H,32,39)(H,33,40)/t25-/m1/s1. The van der Waals surface area contributed by atoms with E-state index in [0.717, 1.165) is 10.5 Å². The average molecular weight is 593 g/mol. The van der Waals surface area contributed by atoms with E-state index in [1.165, 1.54) is 31.4 Å². The van der Waals surface area contributed by atoms with Gasteiger partial charge >= 0.3 is 18.0 Å². The van der Waals surface area contributed by atoms with Crippen LogP contribution in [0.25, 0.3) is 0 Å². The molecule has 2 aromatic rings. The lowest BCUT2D eigenvalue weighted by Crippen LogP contribution is -2.55. The Hall–Kier alpha value is -4.78. The maximum atomic E-state index is 13.3. The van der Waals surface area contributed by atoms with Gasteiger partial charge in [0.1, 0.15) is 6.04 Å². The third-order valence-corrected chi connectivity index (χ3v) is 8.13. The summed E-state index contributed by atoms with van der Waals surface area (Å²) in [7, 11) is 1.40. The molecule has 2 aliphatic heterocycles. The lowest BCUT2D eigenvalue weighted by molar-refractivity contribution is -0.384. The molecule has 5 amide bonds. The zero-order valence-electron chi connectivity index (χ0n) is 24.2. The van der Waals surface area contributed by atoms with Gasteiger partial charge in [0, 0.05) is 24.4 Å². The molecule has 2 heterocycles. The number of nitro groups is 1. The molecule has 0 aliphatic carbocycles. The summed E-state index contributed by atoms with van der Waals surface area (Å²) in [5.74, 6) is -1.06. The number of benzene rings is 2. The molecule has 0 spiro atoms. The first-order valence-corrected chi connectivity index (χ1v) is 14.1. The van der Waals surface area contributed by atoms with E-state index in [-0.39, 0.29) is 35.9 Å². The first-order chi connectivity index (χ1) is 20.6. The first kappa shape index (κ1) is 31.2. The Labute approximate surface area is 249 Å². The number of methoxy groups -OCH3 is 1. The zero-order valence-corrected chi connectivity index (χ0v) is 24.2. The molecule has 13 heteroatoms. The second kappa shape index (κ2) is 13.5. The lowest BCUT2D eigenvalue weighted by atomic mass is 9.72. The molecule has 0 saturated carbocycles. The monoisotopic (exact) mass is 592 g/mol. The smallest absolute Gasteiger partial charge is 0.330 e. The minimum Gasteiger partial charge on any atom is -0.468 e. The molecule has 1 atom stereocenters. The van der Waals surface area contributed by atoms with Crippen molar-refractivity contribution in [1.82, 2.24) is 20.4 Å². The van der Waals surface area contributed by atoms with Crippen molar-refractivity contribution in [2.75, 3.05) is 33.3 Å². The van der Waals surface area contributed by atoms with Gasteiger partial charge in [0.05, 0.1) is 23.0 Å². The number of nitrogens with one attached hydrogen (secondary N) is 2. The summed E-state index contributed by atoms with van der Waals surface area (Å²) < 4.78 is 5.16. The van der Waals surface area contributed by atoms with Gasteiger partial charge in [-0.2, -0.15) is 0 Å². The number of carbonyl (C=O) groups excluding carboxylic acids is 4. The van der Waals surface area contributed by atoms with Crippen molar-refractivity contribution < 1.29 is 28.8 Å². The highest BCUT2D eigenvalue weighted by molar-refractivity contribution is 6.03. The van der Waals surface area contributed by atoms with Crippen LogP contribution >= 0.6 is 0 Å². The Morgan fingerprint density at radius 2 is 1.77 bits per heavy atom. The molecule has 13 nitrogen and oxygen atoms in total. The summed E-state index contributed by atoms with van der Waals surface area (Å²) in [6.07, 6.45) is 2.05. The normalized spacial score (nSPS) is 18.5. The van der Waals surface area contributed by atoms with E-state index in [9.17, 15) is 29.3 Å². The van der Waals surface area contributed by atoms with Gasteiger partial charge in [0.15, 0.2) is 0 Å². The quantitative estimate of drug-likeness (QED) is 0.163. The van der Waals surface area contributed by atoms with E-state index in [0.29, 0.717) is 44.5 Å². The van der Waals surface area contributed by atoms with Crippen LogP contribution in [0, 0.1) is 10.1 Å². The Kier molecular flexibility index (Phi) is 9.76. The number of nitro benzene ring substituents is 1. The summed E-state index contributed by atoms with van der Waals surface area (Å²) in [6.45, 7) is 3.96. The number of urea groups is 2. The minimum absolute atomic E-state index is 0.0342. The SMILES string of the molecule is CCC1=C(C(N)=O)[C@@H](c2ccc([N+](=O)[O-])cc2)N(C(=O)NCCCN2CCC(C(=O)OC)(c3ccccc3)CC2)C(=O)N1. The number of allylic oxidation sites excluding steroid dienone is 1. The Balaban J connectivity index is 1.41. The minimum atomic E-state index is -1.16. The van der Waals surface area contributed by atoms with Gasteiger partial charge in [0.25, 0.3) is 5.69 Å². The number of rotatable bonds is 10. The third-order valence-electron chi connectivity index (χ3n) is 8.13. The molecular formula is C30H36N6O7. The Bertz CT molecular complexity index is 1400. The van der Waals surface area contributed by atoms with Crippen molar-refractivity contribution in [2.45, 2.75) is 44.1 Å². The molecule has 2 aromatic carbocycles. The number of primary amides is 1. The average Bonchev–Trinajstić information content (AvgIpc) is 3.02. The number of imide groups is 1. The predicted octanol–water partition coefficient (Wildman–Crippen LogP) is 3.12. The van der Waals surface area contributed by atoms with Crippen LogP contribution in [0.3, 0.4) is 0 Å². The summed E-state index contributed by atoms with van der Waals surface area (Å²) in [4.78, 5) is 65.4. The fraction of sp³-hybridized carbons (Fsp3) is 0.400. The number of piperidine rings is 1. The van der Waals surface area contributed by atoms with Crippen LogP contribution in [0.15, 0.2) is 65.9 Å². The number of nitrogens with two attached hydrogens (primary N) is 1. The topological polar surface area (TPSA) is 177 Å². The van der Waals surface area contributed by atoms with Crippen molar-refractivity contribution in [3.63, 3.8) is 0 Å². The maximum absolute atomic E-state index is 13.3. The number of hydrogen-bond donors (Lipinski definition) is 3. The number of ether oxygens (including phenoxy) is 1. The van der Waals surface area contributed by atoms with Gasteiger partial charge in [-0.05, 0) is 68.6 Å². The zero-order chi connectivity index (χ0) is 31.1. The van der Waals surface area contributed by atoms with Crippen molar-refractivity contribution in [1.29, 1.82) is 0 Å². The summed E-state index contributed by atoms with van der Waals surface area (Å²) in [5, 5.41) is 16.5. The van der Waals surface area contributed by atoms with Crippen LogP contribution in [-0.2, 0) is 19.7 Å². The first-order valence-electron chi connectivity index (χ1n) is 14.1. The molecule has 228 valence electrons. The van der Waals surface area contributed by atoms with Crippen molar-refractivity contribution in [3.05, 3.63) is 87.1 Å². The fourth-order valence-corrected chi connectivity index (χ4v) is 5.84. The molecule has 0 radical (unpaired) electrons. The fourth-order valence-electron chi connectivity index (χ4n) is 5.84. The molecule has 4 rings (SSSR count). The number of esters is 1. The lowest BCUT2D eigenvalue weighted by Gasteiger charge is -2.40. The largest absolute Gasteiger partial charge is 0.468 e. The van der Waals surface area contributed by atoms with Crippen LogP contribution in [0.4, 0.5) is 15.3 Å². The predicted molar refractivity (Wildman–Crippen MR) is 157 cm³/mol. The van der Waals surface area contributed by atoms with E-state index in [4.69, 9.17) is 10.5 Å². The maximum Gasteiger partial charge on any atom is 0.330 e. The summed E-state index contributed by atoms with van der Waals surface area (Å²) >= 11 is 0. The number of likely N-dealkylation sites (tertiary alicyclic amines) is 1. The van der Waals surface area contributed by atoms with Crippen molar-refractivity contribution >= 4 is 29.6 Å². The molecule has 0 unspecified atom stereocenters. The number of nitrogens with zero attached hydrogens (tertiary/aromatic N) is 3. The Morgan fingerprint density at radius 3 is 2.33 bits per heavy atom. The number of non-ortho nitro benzene ring substituents is 1. The van der Waals surface area contributed by atoms with Gasteiger partial charge < -0.3 is 26.0 Å². The van der Waals surface area contributed by atoms with Gasteiger partial charge in [0.2, 0.25) is 5.91 Å². The van der Waals surface area contributed by atoms with Crippen LogP contribution in [0.1, 0.15) is 49.8 Å². The van der Waals surface area contributed by atoms with Crippen molar-refractivity contribution in [2.24, 2.45) is 5.73 Å². The van der Waals surface area contributed by atoms with E-state index in [1.807, 2.05) is 30.3 Å². The van der Waals surface area contributed by atoms with Gasteiger partial charge in [-0.1, -0.05) is 37.3 Å². The van der Waals surface area contributed by atoms with Crippen molar-refractivity contribution in [3.8, 4) is 0 Å². The van der Waals surface area contributed by atoms with Gasteiger partial charge in [-0.15, -0.1) is 0 Å². The highest BCUT2D eigenvalue weighted by atomic mass is 16.6. The summed E-state index contributed by atoms with van der Waals surface area (Å²) in [5.41, 5.74) is 6.40. The Morgan fingerprint density at radius 1 is 1.12 bits per heavy atom. The molecule has 1 saturated heterocycles. The van der Waals surface area contributed by atoms with Crippen LogP contribution in [0.2, 0.25) is 0 Å². The van der Waals surface area contributed by atoms with Crippen LogP contribution in [-0.4, -0.2) is 72.0 Å². The highest BCUT2D eigenvalue weighted by Crippen LogP contribution is 2.37. The molecule has 0 bridgehead atoms. The molecular weight excluding hydrogens is 556 g/mol. The van der Waals surface area contributed by atoms with E-state index >= 15 is 0 Å². The van der Waals surface area contributed by atoms with Gasteiger partial charge in [-0.25, -0.2) is 14.5 Å². The number of hydrogen-bond acceptors (Lipinski definition) is 8. The van der Waals surface area contributed by atoms with Crippen LogP contribution in [0.5, 0.6) is 0 Å². The number of amides is 5.